The minimum absolute atomic E-state index is 0.00999. The molecule has 0 N–H and O–H groups in total. The Labute approximate surface area is 218 Å². The minimum Gasteiger partial charge on any atom is -0.491 e. The van der Waals surface area contributed by atoms with Crippen molar-refractivity contribution in [2.75, 3.05) is 13.2 Å². The monoisotopic (exact) mass is 504 g/mol. The summed E-state index contributed by atoms with van der Waals surface area (Å²) in [6.45, 7) is 4.88. The first kappa shape index (κ1) is 27.7. The number of halogens is 2. The van der Waals surface area contributed by atoms with Crippen molar-refractivity contribution in [1.29, 1.82) is 0 Å². The van der Waals surface area contributed by atoms with E-state index in [2.05, 4.69) is 6.92 Å². The minimum atomic E-state index is -0.948. The fraction of sp³-hybridized carbons (Fsp3) is 0.812. The Kier molecular flexibility index (Phi) is 10.8. The van der Waals surface area contributed by atoms with Gasteiger partial charge >= 0.3 is 0 Å². The van der Waals surface area contributed by atoms with Crippen LogP contribution in [0.15, 0.2) is 12.1 Å². The van der Waals surface area contributed by atoms with Crippen molar-refractivity contribution in [3.63, 3.8) is 0 Å². The molecule has 3 aliphatic carbocycles. The summed E-state index contributed by atoms with van der Waals surface area (Å²) in [5, 5.41) is 0. The van der Waals surface area contributed by atoms with Gasteiger partial charge in [-0.2, -0.15) is 8.78 Å². The summed E-state index contributed by atoms with van der Waals surface area (Å²) in [6.07, 6.45) is 22.3. The lowest BCUT2D eigenvalue weighted by atomic mass is 9.64. The number of rotatable bonds is 12. The van der Waals surface area contributed by atoms with Crippen LogP contribution in [-0.2, 0) is 0 Å². The molecule has 4 unspecified atom stereocenters. The highest BCUT2D eigenvalue weighted by molar-refractivity contribution is 5.35. The van der Waals surface area contributed by atoms with Crippen molar-refractivity contribution in [3.05, 3.63) is 23.8 Å². The Bertz CT molecular complexity index is 789. The van der Waals surface area contributed by atoms with E-state index in [1.54, 1.807) is 6.92 Å². The van der Waals surface area contributed by atoms with Gasteiger partial charge in [0.25, 0.3) is 0 Å². The molecule has 0 aliphatic heterocycles. The highest BCUT2D eigenvalue weighted by Crippen LogP contribution is 2.46. The fourth-order valence-electron chi connectivity index (χ4n) is 7.68. The van der Waals surface area contributed by atoms with Crippen LogP contribution in [0, 0.1) is 47.1 Å². The van der Waals surface area contributed by atoms with Gasteiger partial charge in [-0.25, -0.2) is 0 Å². The van der Waals surface area contributed by atoms with E-state index < -0.39 is 11.6 Å². The predicted octanol–water partition coefficient (Wildman–Crippen LogP) is 9.74. The van der Waals surface area contributed by atoms with Gasteiger partial charge in [-0.1, -0.05) is 77.6 Å². The van der Waals surface area contributed by atoms with Gasteiger partial charge < -0.3 is 9.47 Å². The molecular weight excluding hydrogens is 454 g/mol. The lowest BCUT2D eigenvalue weighted by Gasteiger charge is -2.42. The van der Waals surface area contributed by atoms with Crippen LogP contribution in [-0.4, -0.2) is 13.2 Å². The van der Waals surface area contributed by atoms with E-state index in [1.807, 2.05) is 0 Å². The quantitative estimate of drug-likeness (QED) is 0.264. The van der Waals surface area contributed by atoms with E-state index in [0.29, 0.717) is 19.1 Å². The van der Waals surface area contributed by atoms with Gasteiger partial charge in [-0.15, -0.1) is 0 Å². The number of fused-ring (bicyclic) bond motifs is 1. The molecule has 204 valence electrons. The average Bonchev–Trinajstić information content (AvgIpc) is 2.90. The smallest absolute Gasteiger partial charge is 0.204 e. The molecule has 0 saturated heterocycles. The average molecular weight is 505 g/mol. The Morgan fingerprint density at radius 1 is 0.639 bits per heavy atom. The van der Waals surface area contributed by atoms with E-state index in [9.17, 15) is 8.78 Å². The molecule has 0 radical (unpaired) electrons. The molecule has 3 saturated carbocycles. The Morgan fingerprint density at radius 3 is 1.75 bits per heavy atom. The molecule has 2 nitrogen and oxygen atoms in total. The van der Waals surface area contributed by atoms with E-state index in [-0.39, 0.29) is 11.5 Å². The van der Waals surface area contributed by atoms with Gasteiger partial charge in [0.1, 0.15) is 0 Å². The Morgan fingerprint density at radius 2 is 1.14 bits per heavy atom. The van der Waals surface area contributed by atoms with E-state index in [0.717, 1.165) is 36.0 Å². The van der Waals surface area contributed by atoms with Crippen LogP contribution in [0.1, 0.15) is 117 Å². The predicted molar refractivity (Wildman–Crippen MR) is 144 cm³/mol. The standard InChI is InChI=1S/C32H50F2O2/c1-3-7-23-10-12-24(13-11-23)8-5-6-9-25-14-16-28-21-26(15-17-27(28)20-25)22-36-30-19-18-29(35-4-2)31(33)32(30)34/h18-19,23-28H,3-17,20-22H2,1-2H3. The van der Waals surface area contributed by atoms with E-state index in [1.165, 1.54) is 108 Å². The van der Waals surface area contributed by atoms with Crippen molar-refractivity contribution < 1.29 is 18.3 Å². The molecule has 3 fully saturated rings. The van der Waals surface area contributed by atoms with Crippen LogP contribution in [0.25, 0.3) is 0 Å². The van der Waals surface area contributed by atoms with Crippen molar-refractivity contribution >= 4 is 0 Å². The number of ether oxygens (including phenoxy) is 2. The molecule has 3 aliphatic rings. The highest BCUT2D eigenvalue weighted by atomic mass is 19.2. The molecule has 0 bridgehead atoms. The third kappa shape index (κ3) is 7.60. The zero-order valence-corrected chi connectivity index (χ0v) is 22.9. The maximum atomic E-state index is 14.3. The summed E-state index contributed by atoms with van der Waals surface area (Å²) in [5.74, 6) is 3.17. The van der Waals surface area contributed by atoms with Crippen LogP contribution in [0.5, 0.6) is 11.5 Å². The molecule has 4 heteroatoms. The number of hydrogen-bond donors (Lipinski definition) is 0. The molecule has 4 rings (SSSR count). The molecule has 1 aromatic carbocycles. The normalized spacial score (nSPS) is 30.6. The van der Waals surface area contributed by atoms with E-state index in [4.69, 9.17) is 9.47 Å². The van der Waals surface area contributed by atoms with Gasteiger partial charge in [-0.05, 0) is 86.7 Å². The summed E-state index contributed by atoms with van der Waals surface area (Å²) >= 11 is 0. The summed E-state index contributed by atoms with van der Waals surface area (Å²) in [5.41, 5.74) is 0. The molecular formula is C32H50F2O2. The van der Waals surface area contributed by atoms with Crippen molar-refractivity contribution in [2.24, 2.45) is 35.5 Å². The first-order valence-corrected chi connectivity index (χ1v) is 15.3. The van der Waals surface area contributed by atoms with Crippen LogP contribution < -0.4 is 9.47 Å². The first-order chi connectivity index (χ1) is 17.6. The van der Waals surface area contributed by atoms with Gasteiger partial charge in [0, 0.05) is 0 Å². The van der Waals surface area contributed by atoms with Crippen LogP contribution in [0.2, 0.25) is 0 Å². The zero-order chi connectivity index (χ0) is 25.3. The van der Waals surface area contributed by atoms with Crippen LogP contribution in [0.4, 0.5) is 8.78 Å². The fourth-order valence-corrected chi connectivity index (χ4v) is 7.68. The summed E-state index contributed by atoms with van der Waals surface area (Å²) in [7, 11) is 0. The number of benzene rings is 1. The van der Waals surface area contributed by atoms with Gasteiger partial charge in [0.15, 0.2) is 11.5 Å². The zero-order valence-electron chi connectivity index (χ0n) is 22.9. The SMILES string of the molecule is CCCC1CCC(CCCCC2CCC3CC(COc4ccc(OCC)c(F)c4F)CCC3C2)CC1. The lowest BCUT2D eigenvalue weighted by molar-refractivity contribution is 0.0732. The second-order valence-electron chi connectivity index (χ2n) is 12.3. The van der Waals surface area contributed by atoms with Gasteiger partial charge in [0.2, 0.25) is 11.6 Å². The lowest BCUT2D eigenvalue weighted by Crippen LogP contribution is -2.33. The van der Waals surface area contributed by atoms with Crippen molar-refractivity contribution in [1.82, 2.24) is 0 Å². The number of hydrogen-bond acceptors (Lipinski definition) is 2. The van der Waals surface area contributed by atoms with Crippen LogP contribution >= 0.6 is 0 Å². The first-order valence-electron chi connectivity index (χ1n) is 15.3. The highest BCUT2D eigenvalue weighted by Gasteiger charge is 2.35. The summed E-state index contributed by atoms with van der Waals surface area (Å²) < 4.78 is 39.4. The Hall–Kier alpha value is -1.32. The number of unbranched alkanes of at least 4 members (excludes halogenated alkanes) is 1. The molecule has 1 aromatic rings. The summed E-state index contributed by atoms with van der Waals surface area (Å²) in [4.78, 5) is 0. The second-order valence-corrected chi connectivity index (χ2v) is 12.3. The van der Waals surface area contributed by atoms with Gasteiger partial charge in [-0.3, -0.25) is 0 Å². The maximum Gasteiger partial charge on any atom is 0.204 e. The van der Waals surface area contributed by atoms with Crippen LogP contribution in [0.3, 0.4) is 0 Å². The molecule has 0 spiro atoms. The molecule has 0 amide bonds. The van der Waals surface area contributed by atoms with Crippen molar-refractivity contribution in [2.45, 2.75) is 117 Å². The maximum absolute atomic E-state index is 14.3. The summed E-state index contributed by atoms with van der Waals surface area (Å²) in [6, 6.07) is 2.96. The molecule has 4 atom stereocenters. The largest absolute Gasteiger partial charge is 0.491 e. The molecule has 0 heterocycles. The van der Waals surface area contributed by atoms with Gasteiger partial charge in [0.05, 0.1) is 13.2 Å². The van der Waals surface area contributed by atoms with E-state index >= 15 is 0 Å². The van der Waals surface area contributed by atoms with Crippen molar-refractivity contribution in [3.8, 4) is 11.5 Å². The third-order valence-electron chi connectivity index (χ3n) is 9.75. The Balaban J connectivity index is 1.11. The molecule has 0 aromatic heterocycles. The third-order valence-corrected chi connectivity index (χ3v) is 9.75. The topological polar surface area (TPSA) is 18.5 Å². The molecule has 36 heavy (non-hydrogen) atoms. The second kappa shape index (κ2) is 14.0.